The highest BCUT2D eigenvalue weighted by Crippen LogP contribution is 2.36. The molecule has 3 nitrogen and oxygen atoms in total. The third-order valence-electron chi connectivity index (χ3n) is 3.10. The van der Waals surface area contributed by atoms with Gasteiger partial charge in [-0.3, -0.25) is 5.73 Å². The van der Waals surface area contributed by atoms with E-state index in [4.69, 9.17) is 5.73 Å². The number of benzene rings is 2. The molecule has 0 saturated heterocycles. The zero-order valence-corrected chi connectivity index (χ0v) is 9.82. The van der Waals surface area contributed by atoms with Crippen molar-refractivity contribution in [2.24, 2.45) is 5.73 Å². The summed E-state index contributed by atoms with van der Waals surface area (Å²) in [6.45, 7) is 0. The van der Waals surface area contributed by atoms with Crippen molar-refractivity contribution < 1.29 is 5.11 Å². The minimum Gasteiger partial charge on any atom is -0.361 e. The number of hydrogen-bond donors (Lipinski definition) is 2. The standard InChI is InChI=1S/C15H14N2O/c16-15(18)17-13-7-3-1-5-11(13)9-10-12-6-2-4-8-14(12)17/h1-10,15,18H,16H2. The van der Waals surface area contributed by atoms with Crippen LogP contribution in [-0.4, -0.2) is 11.5 Å². The molecule has 1 atom stereocenters. The van der Waals surface area contributed by atoms with Gasteiger partial charge in [-0.1, -0.05) is 48.6 Å². The van der Waals surface area contributed by atoms with Gasteiger partial charge in [-0.15, -0.1) is 0 Å². The molecule has 1 unspecified atom stereocenters. The third-order valence-corrected chi connectivity index (χ3v) is 3.10. The van der Waals surface area contributed by atoms with Gasteiger partial charge in [0.1, 0.15) is 0 Å². The van der Waals surface area contributed by atoms with E-state index in [9.17, 15) is 5.11 Å². The van der Waals surface area contributed by atoms with E-state index in [1.54, 1.807) is 4.90 Å². The van der Waals surface area contributed by atoms with Crippen molar-refractivity contribution in [3.63, 3.8) is 0 Å². The average Bonchev–Trinajstić information content (AvgIpc) is 2.55. The second kappa shape index (κ2) is 4.29. The Balaban J connectivity index is 2.27. The van der Waals surface area contributed by atoms with Crippen molar-refractivity contribution >= 4 is 23.5 Å². The molecule has 1 aliphatic rings. The van der Waals surface area contributed by atoms with Crippen molar-refractivity contribution in [3.8, 4) is 0 Å². The van der Waals surface area contributed by atoms with Crippen LogP contribution in [0.1, 0.15) is 11.1 Å². The van der Waals surface area contributed by atoms with E-state index in [0.29, 0.717) is 0 Å². The smallest absolute Gasteiger partial charge is 0.185 e. The Morgan fingerprint density at radius 3 is 1.72 bits per heavy atom. The number of nitrogens with two attached hydrogens (primary N) is 1. The fourth-order valence-corrected chi connectivity index (χ4v) is 2.29. The summed E-state index contributed by atoms with van der Waals surface area (Å²) in [6.07, 6.45) is 3.01. The zero-order valence-electron chi connectivity index (χ0n) is 9.82. The summed E-state index contributed by atoms with van der Waals surface area (Å²) in [5.74, 6) is 0. The first kappa shape index (κ1) is 11.0. The van der Waals surface area contributed by atoms with Crippen LogP contribution in [0.15, 0.2) is 48.5 Å². The molecule has 0 saturated carbocycles. The van der Waals surface area contributed by atoms with Crippen LogP contribution in [0.2, 0.25) is 0 Å². The van der Waals surface area contributed by atoms with Crippen molar-refractivity contribution in [3.05, 3.63) is 59.7 Å². The van der Waals surface area contributed by atoms with Gasteiger partial charge in [0.15, 0.2) is 6.35 Å². The summed E-state index contributed by atoms with van der Waals surface area (Å²) >= 11 is 0. The first-order valence-corrected chi connectivity index (χ1v) is 5.86. The molecule has 0 radical (unpaired) electrons. The molecular formula is C15H14N2O. The molecule has 0 aliphatic carbocycles. The average molecular weight is 238 g/mol. The number of para-hydroxylation sites is 2. The van der Waals surface area contributed by atoms with Crippen molar-refractivity contribution in [1.29, 1.82) is 0 Å². The molecule has 18 heavy (non-hydrogen) atoms. The molecule has 0 spiro atoms. The normalized spacial score (nSPS) is 14.7. The van der Waals surface area contributed by atoms with E-state index in [-0.39, 0.29) is 0 Å². The largest absolute Gasteiger partial charge is 0.361 e. The molecule has 0 fully saturated rings. The topological polar surface area (TPSA) is 49.5 Å². The van der Waals surface area contributed by atoms with Gasteiger partial charge >= 0.3 is 0 Å². The number of anilines is 2. The lowest BCUT2D eigenvalue weighted by molar-refractivity contribution is 0.189. The van der Waals surface area contributed by atoms with Crippen LogP contribution in [0.4, 0.5) is 11.4 Å². The maximum absolute atomic E-state index is 9.87. The highest BCUT2D eigenvalue weighted by molar-refractivity contribution is 5.88. The fourth-order valence-electron chi connectivity index (χ4n) is 2.29. The van der Waals surface area contributed by atoms with E-state index < -0.39 is 6.35 Å². The second-order valence-electron chi connectivity index (χ2n) is 4.23. The Morgan fingerprint density at radius 1 is 0.833 bits per heavy atom. The lowest BCUT2D eigenvalue weighted by atomic mass is 10.1. The molecule has 1 heterocycles. The summed E-state index contributed by atoms with van der Waals surface area (Å²) in [7, 11) is 0. The molecule has 3 heteroatoms. The van der Waals surface area contributed by atoms with E-state index in [1.165, 1.54) is 0 Å². The molecule has 2 aromatic carbocycles. The summed E-state index contributed by atoms with van der Waals surface area (Å²) in [5, 5.41) is 9.87. The van der Waals surface area contributed by atoms with Gasteiger partial charge in [-0.05, 0) is 23.3 Å². The summed E-state index contributed by atoms with van der Waals surface area (Å²) in [6, 6.07) is 15.8. The molecule has 90 valence electrons. The van der Waals surface area contributed by atoms with E-state index in [2.05, 4.69) is 0 Å². The van der Waals surface area contributed by atoms with Gasteiger partial charge in [0, 0.05) is 0 Å². The van der Waals surface area contributed by atoms with Gasteiger partial charge in [-0.2, -0.15) is 0 Å². The van der Waals surface area contributed by atoms with Gasteiger partial charge in [0.25, 0.3) is 0 Å². The lowest BCUT2D eigenvalue weighted by Crippen LogP contribution is -2.38. The highest BCUT2D eigenvalue weighted by atomic mass is 16.3. The minimum atomic E-state index is -1.06. The number of nitrogens with zero attached hydrogens (tertiary/aromatic N) is 1. The van der Waals surface area contributed by atoms with Crippen LogP contribution in [0, 0.1) is 0 Å². The Labute approximate surface area is 106 Å². The van der Waals surface area contributed by atoms with Crippen LogP contribution >= 0.6 is 0 Å². The zero-order chi connectivity index (χ0) is 12.5. The minimum absolute atomic E-state index is 0.911. The first-order chi connectivity index (χ1) is 8.77. The summed E-state index contributed by atoms with van der Waals surface area (Å²) < 4.78 is 0. The van der Waals surface area contributed by atoms with Crippen LogP contribution < -0.4 is 10.6 Å². The predicted octanol–water partition coefficient (Wildman–Crippen LogP) is 2.54. The van der Waals surface area contributed by atoms with Crippen LogP contribution in [0.5, 0.6) is 0 Å². The molecule has 3 N–H and O–H groups in total. The number of aliphatic hydroxyl groups is 1. The number of rotatable bonds is 1. The first-order valence-electron chi connectivity index (χ1n) is 5.86. The summed E-state index contributed by atoms with van der Waals surface area (Å²) in [5.41, 5.74) is 9.62. The maximum Gasteiger partial charge on any atom is 0.185 e. The van der Waals surface area contributed by atoms with Gasteiger partial charge in [0.2, 0.25) is 0 Å². The van der Waals surface area contributed by atoms with E-state index in [0.717, 1.165) is 22.5 Å². The fraction of sp³-hybridized carbons (Fsp3) is 0.0667. The predicted molar refractivity (Wildman–Crippen MR) is 74.1 cm³/mol. The molecule has 0 bridgehead atoms. The van der Waals surface area contributed by atoms with Crippen molar-refractivity contribution in [2.75, 3.05) is 4.90 Å². The summed E-state index contributed by atoms with van der Waals surface area (Å²) in [4.78, 5) is 1.74. The lowest BCUT2D eigenvalue weighted by Gasteiger charge is -2.29. The Hall–Kier alpha value is -2.10. The molecule has 2 aromatic rings. The van der Waals surface area contributed by atoms with Crippen LogP contribution in [0.25, 0.3) is 12.2 Å². The molecular weight excluding hydrogens is 224 g/mol. The molecule has 3 rings (SSSR count). The van der Waals surface area contributed by atoms with Crippen molar-refractivity contribution in [1.82, 2.24) is 0 Å². The van der Waals surface area contributed by atoms with E-state index in [1.807, 2.05) is 60.7 Å². The van der Waals surface area contributed by atoms with Gasteiger partial charge in [0.05, 0.1) is 11.4 Å². The maximum atomic E-state index is 9.87. The number of fused-ring (bicyclic) bond motifs is 2. The Bertz CT molecular complexity index is 555. The van der Waals surface area contributed by atoms with Gasteiger partial charge in [-0.25, -0.2) is 0 Å². The van der Waals surface area contributed by atoms with Crippen LogP contribution in [0.3, 0.4) is 0 Å². The molecule has 0 amide bonds. The van der Waals surface area contributed by atoms with E-state index >= 15 is 0 Å². The number of hydrogen-bond acceptors (Lipinski definition) is 3. The van der Waals surface area contributed by atoms with Crippen molar-refractivity contribution in [2.45, 2.75) is 6.35 Å². The molecule has 1 aliphatic heterocycles. The van der Waals surface area contributed by atoms with Gasteiger partial charge < -0.3 is 10.0 Å². The SMILES string of the molecule is NC(O)N1c2ccccc2C=Cc2ccccc21. The Kier molecular flexibility index (Phi) is 2.63. The third kappa shape index (κ3) is 1.70. The second-order valence-corrected chi connectivity index (χ2v) is 4.23. The molecule has 0 aromatic heterocycles. The highest BCUT2D eigenvalue weighted by Gasteiger charge is 2.20. The van der Waals surface area contributed by atoms with Crippen LogP contribution in [-0.2, 0) is 0 Å². The quantitative estimate of drug-likeness (QED) is 0.751. The number of aliphatic hydroxyl groups excluding tert-OH is 1. The monoisotopic (exact) mass is 238 g/mol. The Morgan fingerprint density at radius 2 is 1.28 bits per heavy atom.